The Balaban J connectivity index is 1.46. The number of rotatable bonds is 7. The van der Waals surface area contributed by atoms with Crippen LogP contribution in [0.2, 0.25) is 0 Å². The number of nitrogens with one attached hydrogen (secondary N) is 2. The molecule has 26 heavy (non-hydrogen) atoms. The van der Waals surface area contributed by atoms with E-state index in [-0.39, 0.29) is 36.0 Å². The van der Waals surface area contributed by atoms with E-state index in [9.17, 15) is 14.0 Å². The summed E-state index contributed by atoms with van der Waals surface area (Å²) in [6, 6.07) is 13.7. The van der Waals surface area contributed by atoms with Crippen molar-refractivity contribution >= 4 is 11.8 Å². The summed E-state index contributed by atoms with van der Waals surface area (Å²) in [5.41, 5.74) is 1.31. The Bertz CT molecular complexity index is 809. The quantitative estimate of drug-likeness (QED) is 0.801. The van der Waals surface area contributed by atoms with E-state index < -0.39 is 0 Å². The van der Waals surface area contributed by atoms with E-state index in [2.05, 4.69) is 10.6 Å². The van der Waals surface area contributed by atoms with Crippen molar-refractivity contribution in [3.63, 3.8) is 0 Å². The van der Waals surface area contributed by atoms with Crippen LogP contribution in [0.1, 0.15) is 17.5 Å². The summed E-state index contributed by atoms with van der Waals surface area (Å²) in [6.45, 7) is 0.473. The molecule has 1 aliphatic rings. The lowest BCUT2D eigenvalue weighted by Crippen LogP contribution is -2.30. The Morgan fingerprint density at radius 3 is 2.12 bits per heavy atom. The van der Waals surface area contributed by atoms with Gasteiger partial charge in [-0.1, -0.05) is 36.4 Å². The van der Waals surface area contributed by atoms with E-state index in [1.54, 1.807) is 25.3 Å². The SMILES string of the molecule is COc1ccccc1CNC(=O)C1CC1C(=O)NCc1ccccc1F. The molecule has 1 saturated carbocycles. The fourth-order valence-corrected chi connectivity index (χ4v) is 2.89. The predicted molar refractivity (Wildman–Crippen MR) is 94.7 cm³/mol. The molecule has 136 valence electrons. The van der Waals surface area contributed by atoms with Crippen LogP contribution >= 0.6 is 0 Å². The minimum atomic E-state index is -0.352. The molecule has 0 bridgehead atoms. The molecule has 0 aromatic heterocycles. The van der Waals surface area contributed by atoms with E-state index in [1.165, 1.54) is 6.07 Å². The minimum absolute atomic E-state index is 0.123. The lowest BCUT2D eigenvalue weighted by atomic mass is 10.2. The number of benzene rings is 2. The first-order chi connectivity index (χ1) is 12.6. The zero-order valence-corrected chi connectivity index (χ0v) is 14.5. The van der Waals surface area contributed by atoms with Crippen LogP contribution in [-0.4, -0.2) is 18.9 Å². The first-order valence-corrected chi connectivity index (χ1v) is 8.51. The molecule has 2 amide bonds. The van der Waals surface area contributed by atoms with Gasteiger partial charge >= 0.3 is 0 Å². The zero-order valence-electron chi connectivity index (χ0n) is 14.5. The molecule has 2 aromatic carbocycles. The van der Waals surface area contributed by atoms with Gasteiger partial charge in [-0.2, -0.15) is 0 Å². The summed E-state index contributed by atoms with van der Waals surface area (Å²) in [5.74, 6) is -0.685. The number of methoxy groups -OCH3 is 1. The van der Waals surface area contributed by atoms with Crippen molar-refractivity contribution in [2.24, 2.45) is 11.8 Å². The Kier molecular flexibility index (Phi) is 5.51. The van der Waals surface area contributed by atoms with Gasteiger partial charge < -0.3 is 15.4 Å². The summed E-state index contributed by atoms with van der Waals surface area (Å²) in [6.07, 6.45) is 0.515. The maximum absolute atomic E-state index is 13.6. The van der Waals surface area contributed by atoms with Gasteiger partial charge in [-0.25, -0.2) is 4.39 Å². The van der Waals surface area contributed by atoms with Gasteiger partial charge in [0, 0.05) is 24.2 Å². The van der Waals surface area contributed by atoms with Crippen LogP contribution in [0.4, 0.5) is 4.39 Å². The third-order valence-corrected chi connectivity index (χ3v) is 4.52. The van der Waals surface area contributed by atoms with Gasteiger partial charge in [0.15, 0.2) is 0 Å². The van der Waals surface area contributed by atoms with Gasteiger partial charge in [-0.15, -0.1) is 0 Å². The molecule has 3 rings (SSSR count). The highest BCUT2D eigenvalue weighted by Crippen LogP contribution is 2.39. The highest BCUT2D eigenvalue weighted by atomic mass is 19.1. The molecule has 0 spiro atoms. The van der Waals surface area contributed by atoms with E-state index in [4.69, 9.17) is 4.74 Å². The largest absolute Gasteiger partial charge is 0.496 e. The standard InChI is InChI=1S/C20H21FN2O3/c1-26-18-9-5-3-7-14(18)12-23-20(25)16-10-15(16)19(24)22-11-13-6-2-4-8-17(13)21/h2-9,15-16H,10-12H2,1H3,(H,22,24)(H,23,25). The Morgan fingerprint density at radius 2 is 1.50 bits per heavy atom. The Morgan fingerprint density at radius 1 is 0.962 bits per heavy atom. The number of amides is 2. The van der Waals surface area contributed by atoms with Gasteiger partial charge in [0.25, 0.3) is 0 Å². The van der Waals surface area contributed by atoms with Crippen molar-refractivity contribution in [3.8, 4) is 5.75 Å². The smallest absolute Gasteiger partial charge is 0.224 e. The second-order valence-corrected chi connectivity index (χ2v) is 6.29. The van der Waals surface area contributed by atoms with Crippen molar-refractivity contribution < 1.29 is 18.7 Å². The molecule has 2 aromatic rings. The monoisotopic (exact) mass is 356 g/mol. The summed E-state index contributed by atoms with van der Waals surface area (Å²) in [5, 5.41) is 5.54. The van der Waals surface area contributed by atoms with E-state index >= 15 is 0 Å². The number of hydrogen-bond donors (Lipinski definition) is 2. The molecule has 2 N–H and O–H groups in total. The normalized spacial score (nSPS) is 18.1. The maximum atomic E-state index is 13.6. The van der Waals surface area contributed by atoms with Crippen LogP contribution in [0, 0.1) is 17.7 Å². The first kappa shape index (κ1) is 17.9. The number of carbonyl (C=O) groups excluding carboxylic acids is 2. The number of ether oxygens (including phenoxy) is 1. The average Bonchev–Trinajstić information content (AvgIpc) is 3.46. The summed E-state index contributed by atoms with van der Waals surface area (Å²) < 4.78 is 18.8. The Hall–Kier alpha value is -2.89. The third-order valence-electron chi connectivity index (χ3n) is 4.52. The first-order valence-electron chi connectivity index (χ1n) is 8.51. The van der Waals surface area contributed by atoms with Crippen LogP contribution in [0.25, 0.3) is 0 Å². The predicted octanol–water partition coefficient (Wildman–Crippen LogP) is 2.40. The molecular weight excluding hydrogens is 335 g/mol. The number of para-hydroxylation sites is 1. The number of hydrogen-bond acceptors (Lipinski definition) is 3. The molecule has 0 saturated heterocycles. The molecule has 5 nitrogen and oxygen atoms in total. The fourth-order valence-electron chi connectivity index (χ4n) is 2.89. The van der Waals surface area contributed by atoms with Gasteiger partial charge in [-0.3, -0.25) is 9.59 Å². The minimum Gasteiger partial charge on any atom is -0.496 e. The molecule has 6 heteroatoms. The molecular formula is C20H21FN2O3. The van der Waals surface area contributed by atoms with Crippen LogP contribution in [0.3, 0.4) is 0 Å². The summed E-state index contributed by atoms with van der Waals surface area (Å²) in [7, 11) is 1.58. The third kappa shape index (κ3) is 4.20. The molecule has 0 aliphatic heterocycles. The van der Waals surface area contributed by atoms with Gasteiger partial charge in [0.05, 0.1) is 18.9 Å². The van der Waals surface area contributed by atoms with Gasteiger partial charge in [0.2, 0.25) is 11.8 Å². The highest BCUT2D eigenvalue weighted by Gasteiger charge is 2.47. The topological polar surface area (TPSA) is 67.4 Å². The summed E-state index contributed by atoms with van der Waals surface area (Å²) >= 11 is 0. The van der Waals surface area contributed by atoms with Crippen LogP contribution in [-0.2, 0) is 22.7 Å². The number of carbonyl (C=O) groups is 2. The molecule has 1 fully saturated rings. The summed E-state index contributed by atoms with van der Waals surface area (Å²) in [4.78, 5) is 24.4. The van der Waals surface area contributed by atoms with Crippen molar-refractivity contribution in [2.45, 2.75) is 19.5 Å². The van der Waals surface area contributed by atoms with Crippen molar-refractivity contribution in [1.29, 1.82) is 0 Å². The molecule has 0 heterocycles. The second-order valence-electron chi connectivity index (χ2n) is 6.29. The zero-order chi connectivity index (χ0) is 18.5. The van der Waals surface area contributed by atoms with Gasteiger partial charge in [0.1, 0.15) is 11.6 Å². The van der Waals surface area contributed by atoms with E-state index in [0.29, 0.717) is 24.3 Å². The Labute approximate surface area is 151 Å². The van der Waals surface area contributed by atoms with Crippen LogP contribution in [0.5, 0.6) is 5.75 Å². The van der Waals surface area contributed by atoms with E-state index in [0.717, 1.165) is 5.56 Å². The lowest BCUT2D eigenvalue weighted by molar-refractivity contribution is -0.127. The lowest BCUT2D eigenvalue weighted by Gasteiger charge is -2.09. The number of halogens is 1. The fraction of sp³-hybridized carbons (Fsp3) is 0.300. The molecule has 2 unspecified atom stereocenters. The molecule has 0 radical (unpaired) electrons. The molecule has 2 atom stereocenters. The maximum Gasteiger partial charge on any atom is 0.224 e. The van der Waals surface area contributed by atoms with Crippen LogP contribution in [0.15, 0.2) is 48.5 Å². The van der Waals surface area contributed by atoms with Crippen LogP contribution < -0.4 is 15.4 Å². The highest BCUT2D eigenvalue weighted by molar-refractivity contribution is 5.92. The van der Waals surface area contributed by atoms with Crippen molar-refractivity contribution in [2.75, 3.05) is 7.11 Å². The average molecular weight is 356 g/mol. The molecule has 1 aliphatic carbocycles. The van der Waals surface area contributed by atoms with Crippen molar-refractivity contribution in [1.82, 2.24) is 10.6 Å². The second kappa shape index (κ2) is 7.99. The van der Waals surface area contributed by atoms with Crippen molar-refractivity contribution in [3.05, 3.63) is 65.5 Å². The van der Waals surface area contributed by atoms with E-state index in [1.807, 2.05) is 24.3 Å². The van der Waals surface area contributed by atoms with Gasteiger partial charge in [-0.05, 0) is 18.6 Å².